The van der Waals surface area contributed by atoms with Crippen molar-refractivity contribution in [3.8, 4) is 0 Å². The normalized spacial score (nSPS) is 29.9. The average Bonchev–Trinajstić information content (AvgIpc) is 2.39. The van der Waals surface area contributed by atoms with Gasteiger partial charge in [0.15, 0.2) is 0 Å². The fourth-order valence-electron chi connectivity index (χ4n) is 2.66. The lowest BCUT2D eigenvalue weighted by molar-refractivity contribution is -0.139. The first-order valence-electron chi connectivity index (χ1n) is 6.46. The molecule has 2 unspecified atom stereocenters. The Balaban J connectivity index is 1.88. The fraction of sp³-hybridized carbons (Fsp3) is 0.833. The van der Waals surface area contributed by atoms with Crippen molar-refractivity contribution < 1.29 is 9.59 Å². The second-order valence-electron chi connectivity index (χ2n) is 5.07. The van der Waals surface area contributed by atoms with E-state index >= 15 is 0 Å². The van der Waals surface area contributed by atoms with Gasteiger partial charge in [-0.3, -0.25) is 9.59 Å². The van der Waals surface area contributed by atoms with Crippen molar-refractivity contribution in [3.63, 3.8) is 0 Å². The van der Waals surface area contributed by atoms with E-state index in [4.69, 9.17) is 5.73 Å². The van der Waals surface area contributed by atoms with Gasteiger partial charge in [-0.2, -0.15) is 0 Å². The van der Waals surface area contributed by atoms with Crippen molar-refractivity contribution in [2.45, 2.75) is 25.7 Å². The molecule has 3 N–H and O–H groups in total. The van der Waals surface area contributed by atoms with E-state index < -0.39 is 0 Å². The number of rotatable bonds is 2. The van der Waals surface area contributed by atoms with Gasteiger partial charge in [-0.15, -0.1) is 0 Å². The standard InChI is InChI=1S/C12H21N3O2/c13-6-9-2-1-5-15(8-9)12(17)10-3-4-11(16)14-7-10/h9-10H,1-8,13H2,(H,14,16). The van der Waals surface area contributed by atoms with Crippen LogP contribution in [0.4, 0.5) is 0 Å². The number of likely N-dealkylation sites (tertiary alicyclic amines) is 1. The number of hydrogen-bond acceptors (Lipinski definition) is 3. The lowest BCUT2D eigenvalue weighted by Gasteiger charge is -2.35. The molecule has 2 saturated heterocycles. The van der Waals surface area contributed by atoms with Crippen molar-refractivity contribution in [1.29, 1.82) is 0 Å². The Morgan fingerprint density at radius 3 is 2.94 bits per heavy atom. The molecule has 0 aliphatic carbocycles. The van der Waals surface area contributed by atoms with Crippen LogP contribution in [-0.2, 0) is 9.59 Å². The highest BCUT2D eigenvalue weighted by Crippen LogP contribution is 2.20. The second kappa shape index (κ2) is 5.49. The summed E-state index contributed by atoms with van der Waals surface area (Å²) >= 11 is 0. The van der Waals surface area contributed by atoms with Crippen molar-refractivity contribution in [2.75, 3.05) is 26.2 Å². The van der Waals surface area contributed by atoms with Crippen LogP contribution in [0.25, 0.3) is 0 Å². The summed E-state index contributed by atoms with van der Waals surface area (Å²) in [6.07, 6.45) is 3.34. The summed E-state index contributed by atoms with van der Waals surface area (Å²) in [5.74, 6) is 0.686. The van der Waals surface area contributed by atoms with Crippen LogP contribution in [0.15, 0.2) is 0 Å². The molecule has 2 rings (SSSR count). The van der Waals surface area contributed by atoms with E-state index in [0.29, 0.717) is 31.8 Å². The minimum atomic E-state index is -0.0239. The van der Waals surface area contributed by atoms with Gasteiger partial charge < -0.3 is 16.0 Å². The highest BCUT2D eigenvalue weighted by Gasteiger charge is 2.30. The zero-order valence-electron chi connectivity index (χ0n) is 10.2. The van der Waals surface area contributed by atoms with Gasteiger partial charge in [-0.05, 0) is 31.7 Å². The maximum atomic E-state index is 12.3. The number of hydrogen-bond donors (Lipinski definition) is 2. The molecule has 2 aliphatic heterocycles. The minimum Gasteiger partial charge on any atom is -0.355 e. The summed E-state index contributed by atoms with van der Waals surface area (Å²) in [6.45, 7) is 2.80. The minimum absolute atomic E-state index is 0.0239. The summed E-state index contributed by atoms with van der Waals surface area (Å²) in [4.78, 5) is 25.2. The molecular weight excluding hydrogens is 218 g/mol. The number of nitrogens with one attached hydrogen (secondary N) is 1. The third-order valence-corrected chi connectivity index (χ3v) is 3.78. The number of nitrogens with two attached hydrogens (primary N) is 1. The van der Waals surface area contributed by atoms with Crippen molar-refractivity contribution in [3.05, 3.63) is 0 Å². The molecule has 2 atom stereocenters. The van der Waals surface area contributed by atoms with Gasteiger partial charge in [0.05, 0.1) is 5.92 Å². The van der Waals surface area contributed by atoms with E-state index in [0.717, 1.165) is 25.9 Å². The van der Waals surface area contributed by atoms with E-state index in [9.17, 15) is 9.59 Å². The van der Waals surface area contributed by atoms with Crippen LogP contribution in [0, 0.1) is 11.8 Å². The highest BCUT2D eigenvalue weighted by atomic mass is 16.2. The Labute approximate surface area is 102 Å². The molecule has 96 valence electrons. The van der Waals surface area contributed by atoms with Gasteiger partial charge >= 0.3 is 0 Å². The molecule has 0 spiro atoms. The van der Waals surface area contributed by atoms with E-state index in [1.54, 1.807) is 0 Å². The SMILES string of the molecule is NCC1CCCN(C(=O)C2CCC(=O)NC2)C1. The molecule has 0 radical (unpaired) electrons. The van der Waals surface area contributed by atoms with Crippen LogP contribution in [-0.4, -0.2) is 42.9 Å². The average molecular weight is 239 g/mol. The van der Waals surface area contributed by atoms with Crippen LogP contribution in [0.3, 0.4) is 0 Å². The molecule has 0 aromatic rings. The Kier molecular flexibility index (Phi) is 3.99. The number of amides is 2. The quantitative estimate of drug-likeness (QED) is 0.695. The number of carbonyl (C=O) groups is 2. The van der Waals surface area contributed by atoms with E-state index in [2.05, 4.69) is 5.32 Å². The lowest BCUT2D eigenvalue weighted by Crippen LogP contribution is -2.48. The molecule has 2 amide bonds. The maximum absolute atomic E-state index is 12.3. The third-order valence-electron chi connectivity index (χ3n) is 3.78. The first kappa shape index (κ1) is 12.4. The predicted molar refractivity (Wildman–Crippen MR) is 64.1 cm³/mol. The third kappa shape index (κ3) is 2.97. The molecule has 2 heterocycles. The summed E-state index contributed by atoms with van der Waals surface area (Å²) in [5, 5.41) is 2.77. The van der Waals surface area contributed by atoms with Crippen molar-refractivity contribution >= 4 is 11.8 Å². The van der Waals surface area contributed by atoms with E-state index in [-0.39, 0.29) is 17.7 Å². The zero-order chi connectivity index (χ0) is 12.3. The van der Waals surface area contributed by atoms with E-state index in [1.807, 2.05) is 4.90 Å². The molecule has 2 aliphatic rings. The topological polar surface area (TPSA) is 75.4 Å². The fourth-order valence-corrected chi connectivity index (χ4v) is 2.66. The molecule has 5 nitrogen and oxygen atoms in total. The number of piperidine rings is 2. The number of nitrogens with zero attached hydrogens (tertiary/aromatic N) is 1. The maximum Gasteiger partial charge on any atom is 0.227 e. The second-order valence-corrected chi connectivity index (χ2v) is 5.07. The molecule has 5 heteroatoms. The molecule has 0 aromatic carbocycles. The van der Waals surface area contributed by atoms with Crippen LogP contribution in [0.2, 0.25) is 0 Å². The molecule has 0 saturated carbocycles. The van der Waals surface area contributed by atoms with Gasteiger partial charge in [0.25, 0.3) is 0 Å². The molecule has 2 fully saturated rings. The summed E-state index contributed by atoms with van der Waals surface area (Å²) in [5.41, 5.74) is 5.67. The van der Waals surface area contributed by atoms with Crippen LogP contribution in [0.1, 0.15) is 25.7 Å². The highest BCUT2D eigenvalue weighted by molar-refractivity contribution is 5.83. The molecule has 0 aromatic heterocycles. The zero-order valence-corrected chi connectivity index (χ0v) is 10.2. The lowest BCUT2D eigenvalue weighted by atomic mass is 9.93. The first-order valence-corrected chi connectivity index (χ1v) is 6.46. The Hall–Kier alpha value is -1.10. The van der Waals surface area contributed by atoms with Gasteiger partial charge in [0, 0.05) is 26.1 Å². The molecule has 17 heavy (non-hydrogen) atoms. The predicted octanol–water partition coefficient (Wildman–Crippen LogP) is -0.290. The van der Waals surface area contributed by atoms with Crippen molar-refractivity contribution in [2.24, 2.45) is 17.6 Å². The summed E-state index contributed by atoms with van der Waals surface area (Å²) < 4.78 is 0. The smallest absolute Gasteiger partial charge is 0.227 e. The van der Waals surface area contributed by atoms with Gasteiger partial charge in [-0.1, -0.05) is 0 Å². The Bertz CT molecular complexity index is 296. The Morgan fingerprint density at radius 2 is 2.29 bits per heavy atom. The summed E-state index contributed by atoms with van der Waals surface area (Å²) in [7, 11) is 0. The largest absolute Gasteiger partial charge is 0.355 e. The summed E-state index contributed by atoms with van der Waals surface area (Å²) in [6, 6.07) is 0. The first-order chi connectivity index (χ1) is 8.20. The molecule has 0 bridgehead atoms. The van der Waals surface area contributed by atoms with Crippen molar-refractivity contribution in [1.82, 2.24) is 10.2 Å². The van der Waals surface area contributed by atoms with E-state index in [1.165, 1.54) is 0 Å². The van der Waals surface area contributed by atoms with Crippen LogP contribution in [0.5, 0.6) is 0 Å². The molecular formula is C12H21N3O2. The van der Waals surface area contributed by atoms with Gasteiger partial charge in [0.1, 0.15) is 0 Å². The number of carbonyl (C=O) groups excluding carboxylic acids is 2. The Morgan fingerprint density at radius 1 is 1.47 bits per heavy atom. The van der Waals surface area contributed by atoms with Crippen LogP contribution < -0.4 is 11.1 Å². The van der Waals surface area contributed by atoms with Gasteiger partial charge in [-0.25, -0.2) is 0 Å². The van der Waals surface area contributed by atoms with Gasteiger partial charge in [0.2, 0.25) is 11.8 Å². The van der Waals surface area contributed by atoms with Crippen LogP contribution >= 0.6 is 0 Å². The monoisotopic (exact) mass is 239 g/mol.